The van der Waals surface area contributed by atoms with Crippen molar-refractivity contribution in [3.63, 3.8) is 0 Å². The lowest BCUT2D eigenvalue weighted by atomic mass is 9.80. The van der Waals surface area contributed by atoms with Crippen LogP contribution >= 0.6 is 0 Å². The van der Waals surface area contributed by atoms with Crippen molar-refractivity contribution in [3.05, 3.63) is 41.7 Å². The van der Waals surface area contributed by atoms with Crippen LogP contribution in [0.2, 0.25) is 0 Å². The van der Waals surface area contributed by atoms with E-state index in [2.05, 4.69) is 57.7 Å². The second-order valence-electron chi connectivity index (χ2n) is 7.25. The predicted molar refractivity (Wildman–Crippen MR) is 80.8 cm³/mol. The molecule has 2 rings (SSSR count). The summed E-state index contributed by atoms with van der Waals surface area (Å²) in [5.41, 5.74) is 2.56. The van der Waals surface area contributed by atoms with Crippen molar-refractivity contribution in [2.75, 3.05) is 0 Å². The lowest BCUT2D eigenvalue weighted by Crippen LogP contribution is -2.21. The van der Waals surface area contributed by atoms with E-state index in [1.54, 1.807) is 12.4 Å². The van der Waals surface area contributed by atoms with Crippen LogP contribution in [-0.2, 0) is 17.4 Å². The van der Waals surface area contributed by atoms with E-state index in [0.29, 0.717) is 6.54 Å². The van der Waals surface area contributed by atoms with Crippen LogP contribution in [0, 0.1) is 0 Å². The average molecular weight is 272 g/mol. The lowest BCUT2D eigenvalue weighted by molar-refractivity contribution is 0.513. The van der Waals surface area contributed by atoms with E-state index in [-0.39, 0.29) is 10.8 Å². The van der Waals surface area contributed by atoms with Crippen LogP contribution in [0.1, 0.15) is 58.6 Å². The van der Waals surface area contributed by atoms with Crippen LogP contribution in [0.4, 0.5) is 0 Å². The van der Waals surface area contributed by atoms with Crippen molar-refractivity contribution in [3.8, 4) is 0 Å². The molecule has 0 aliphatic carbocycles. The van der Waals surface area contributed by atoms with Crippen LogP contribution in [0.5, 0.6) is 0 Å². The molecule has 0 atom stereocenters. The van der Waals surface area contributed by atoms with Gasteiger partial charge in [0.15, 0.2) is 0 Å². The average Bonchev–Trinajstić information content (AvgIpc) is 2.74. The Morgan fingerprint density at radius 1 is 0.950 bits per heavy atom. The first-order valence-electron chi connectivity index (χ1n) is 7.02. The van der Waals surface area contributed by atoms with Gasteiger partial charge < -0.3 is 0 Å². The Hall–Kier alpha value is -1.71. The van der Waals surface area contributed by atoms with E-state index in [9.17, 15) is 0 Å². The van der Waals surface area contributed by atoms with Crippen molar-refractivity contribution in [1.29, 1.82) is 0 Å². The normalized spacial score (nSPS) is 12.7. The van der Waals surface area contributed by atoms with Crippen molar-refractivity contribution in [1.82, 2.24) is 19.7 Å². The molecule has 0 aromatic carbocycles. The minimum atomic E-state index is 0.0331. The highest BCUT2D eigenvalue weighted by molar-refractivity contribution is 5.30. The highest BCUT2D eigenvalue weighted by Gasteiger charge is 2.28. The molecule has 0 N–H and O–H groups in total. The predicted octanol–water partition coefficient (Wildman–Crippen LogP) is 3.32. The first kappa shape index (κ1) is 14.7. The Kier molecular flexibility index (Phi) is 3.67. The molecule has 2 aromatic rings. The SMILES string of the molecule is CC(C)(C)c1cn(Cc2ncccn2)nc1C(C)(C)C. The van der Waals surface area contributed by atoms with E-state index >= 15 is 0 Å². The van der Waals surface area contributed by atoms with Gasteiger partial charge in [0, 0.05) is 24.0 Å². The molecule has 20 heavy (non-hydrogen) atoms. The molecule has 108 valence electrons. The summed E-state index contributed by atoms with van der Waals surface area (Å²) in [5.74, 6) is 0.788. The molecular weight excluding hydrogens is 248 g/mol. The molecule has 0 fully saturated rings. The Bertz CT molecular complexity index is 539. The van der Waals surface area contributed by atoms with Gasteiger partial charge in [-0.1, -0.05) is 41.5 Å². The molecule has 0 unspecified atom stereocenters. The van der Waals surface area contributed by atoms with E-state index in [0.717, 1.165) is 11.5 Å². The quantitative estimate of drug-likeness (QED) is 0.842. The zero-order chi connectivity index (χ0) is 15.0. The van der Waals surface area contributed by atoms with Crippen molar-refractivity contribution in [2.45, 2.75) is 58.9 Å². The van der Waals surface area contributed by atoms with Gasteiger partial charge in [-0.05, 0) is 17.0 Å². The number of rotatable bonds is 2. The van der Waals surface area contributed by atoms with Gasteiger partial charge in [-0.15, -0.1) is 0 Å². The van der Waals surface area contributed by atoms with Crippen molar-refractivity contribution >= 4 is 0 Å². The molecule has 4 heteroatoms. The first-order chi connectivity index (χ1) is 9.18. The monoisotopic (exact) mass is 272 g/mol. The Morgan fingerprint density at radius 3 is 2.00 bits per heavy atom. The number of hydrogen-bond acceptors (Lipinski definition) is 3. The largest absolute Gasteiger partial charge is 0.264 e. The van der Waals surface area contributed by atoms with Crippen LogP contribution < -0.4 is 0 Å². The molecule has 0 saturated heterocycles. The molecule has 0 aliphatic heterocycles. The van der Waals surface area contributed by atoms with Crippen LogP contribution in [0.3, 0.4) is 0 Å². The zero-order valence-corrected chi connectivity index (χ0v) is 13.3. The Balaban J connectivity index is 2.40. The highest BCUT2D eigenvalue weighted by Crippen LogP contribution is 2.32. The van der Waals surface area contributed by atoms with Gasteiger partial charge in [0.05, 0.1) is 5.69 Å². The van der Waals surface area contributed by atoms with E-state index in [1.807, 2.05) is 10.7 Å². The number of aromatic nitrogens is 4. The Morgan fingerprint density at radius 2 is 1.55 bits per heavy atom. The highest BCUT2D eigenvalue weighted by atomic mass is 15.3. The summed E-state index contributed by atoms with van der Waals surface area (Å²) < 4.78 is 1.95. The topological polar surface area (TPSA) is 43.6 Å². The fraction of sp³-hybridized carbons (Fsp3) is 0.562. The lowest BCUT2D eigenvalue weighted by Gasteiger charge is -2.24. The smallest absolute Gasteiger partial charge is 0.149 e. The van der Waals surface area contributed by atoms with Gasteiger partial charge >= 0.3 is 0 Å². The maximum Gasteiger partial charge on any atom is 0.149 e. The van der Waals surface area contributed by atoms with Crippen LogP contribution in [0.25, 0.3) is 0 Å². The molecular formula is C16H24N4. The third-order valence-corrected chi connectivity index (χ3v) is 3.20. The summed E-state index contributed by atoms with van der Waals surface area (Å²) in [6, 6.07) is 1.83. The van der Waals surface area contributed by atoms with Crippen molar-refractivity contribution in [2.24, 2.45) is 0 Å². The van der Waals surface area contributed by atoms with Crippen LogP contribution in [0.15, 0.2) is 24.7 Å². The zero-order valence-electron chi connectivity index (χ0n) is 13.3. The standard InChI is InChI=1S/C16H24N4/c1-15(2,3)12-10-20(19-14(12)16(4,5)6)11-13-17-8-7-9-18-13/h7-10H,11H2,1-6H3. The summed E-state index contributed by atoms with van der Waals surface area (Å²) in [7, 11) is 0. The van der Waals surface area contributed by atoms with E-state index in [1.165, 1.54) is 5.56 Å². The first-order valence-corrected chi connectivity index (χ1v) is 7.02. The molecule has 0 bridgehead atoms. The summed E-state index contributed by atoms with van der Waals surface area (Å²) in [6.07, 6.45) is 5.67. The molecule has 4 nitrogen and oxygen atoms in total. The summed E-state index contributed by atoms with van der Waals surface area (Å²) in [4.78, 5) is 8.53. The van der Waals surface area contributed by atoms with Gasteiger partial charge in [-0.25, -0.2) is 9.97 Å². The summed E-state index contributed by atoms with van der Waals surface area (Å²) in [6.45, 7) is 13.9. The maximum atomic E-state index is 4.78. The fourth-order valence-electron chi connectivity index (χ4n) is 2.16. The maximum absolute atomic E-state index is 4.78. The van der Waals surface area contributed by atoms with E-state index in [4.69, 9.17) is 5.10 Å². The summed E-state index contributed by atoms with van der Waals surface area (Å²) >= 11 is 0. The third kappa shape index (κ3) is 3.24. The fourth-order valence-corrected chi connectivity index (χ4v) is 2.16. The molecule has 0 spiro atoms. The minimum absolute atomic E-state index is 0.0331. The minimum Gasteiger partial charge on any atom is -0.264 e. The summed E-state index contributed by atoms with van der Waals surface area (Å²) in [5, 5.41) is 4.78. The molecule has 2 aromatic heterocycles. The van der Waals surface area contributed by atoms with Gasteiger partial charge in [0.25, 0.3) is 0 Å². The van der Waals surface area contributed by atoms with Gasteiger partial charge in [-0.2, -0.15) is 5.10 Å². The Labute approximate surface area is 121 Å². The third-order valence-electron chi connectivity index (χ3n) is 3.20. The van der Waals surface area contributed by atoms with E-state index < -0.39 is 0 Å². The van der Waals surface area contributed by atoms with Gasteiger partial charge in [-0.3, -0.25) is 4.68 Å². The second-order valence-corrected chi connectivity index (χ2v) is 7.25. The molecule has 0 saturated carbocycles. The molecule has 0 amide bonds. The number of hydrogen-bond donors (Lipinski definition) is 0. The number of nitrogens with zero attached hydrogens (tertiary/aromatic N) is 4. The molecule has 2 heterocycles. The van der Waals surface area contributed by atoms with Crippen molar-refractivity contribution < 1.29 is 0 Å². The van der Waals surface area contributed by atoms with Crippen LogP contribution in [-0.4, -0.2) is 19.7 Å². The second kappa shape index (κ2) is 5.00. The molecule has 0 aliphatic rings. The van der Waals surface area contributed by atoms with Gasteiger partial charge in [0.1, 0.15) is 12.4 Å². The van der Waals surface area contributed by atoms with Gasteiger partial charge in [0.2, 0.25) is 0 Å². The molecule has 0 radical (unpaired) electrons.